The summed E-state index contributed by atoms with van der Waals surface area (Å²) in [4.78, 5) is 10.9. The molecular formula is C13H18FNO3. The van der Waals surface area contributed by atoms with Crippen LogP contribution in [0.2, 0.25) is 0 Å². The van der Waals surface area contributed by atoms with E-state index in [1.54, 1.807) is 13.0 Å². The molecule has 1 rings (SSSR count). The molecule has 2 N–H and O–H groups in total. The van der Waals surface area contributed by atoms with E-state index in [1.807, 2.05) is 0 Å². The van der Waals surface area contributed by atoms with Gasteiger partial charge in [0.15, 0.2) is 5.79 Å². The van der Waals surface area contributed by atoms with Gasteiger partial charge < -0.3 is 15.2 Å². The maximum absolute atomic E-state index is 13.4. The van der Waals surface area contributed by atoms with Gasteiger partial charge in [-0.15, -0.1) is 0 Å². The van der Waals surface area contributed by atoms with Crippen molar-refractivity contribution in [1.82, 2.24) is 0 Å². The van der Waals surface area contributed by atoms with E-state index in [2.05, 4.69) is 0 Å². The highest BCUT2D eigenvalue weighted by Gasteiger charge is 2.33. The molecule has 1 aromatic rings. The second-order valence-electron chi connectivity index (χ2n) is 4.14. The van der Waals surface area contributed by atoms with Crippen molar-refractivity contribution in [3.63, 3.8) is 0 Å². The number of carbonyl (C=O) groups excluding carboxylic acids is 1. The summed E-state index contributed by atoms with van der Waals surface area (Å²) < 4.78 is 24.1. The van der Waals surface area contributed by atoms with Gasteiger partial charge in [-0.2, -0.15) is 0 Å². The molecule has 0 aliphatic rings. The first-order chi connectivity index (χ1) is 8.43. The standard InChI is InChI=1S/C13H18FNO3/c1-9-6-10(8-11(14)7-9)13(17-2,18-3)5-4-12(15)16/h6-8H,4-5H2,1-3H3,(H2,15,16). The van der Waals surface area contributed by atoms with Crippen LogP contribution in [0.5, 0.6) is 0 Å². The third-order valence-electron chi connectivity index (χ3n) is 2.84. The number of benzene rings is 1. The maximum Gasteiger partial charge on any atom is 0.217 e. The van der Waals surface area contributed by atoms with Crippen molar-refractivity contribution < 1.29 is 18.7 Å². The van der Waals surface area contributed by atoms with Gasteiger partial charge in [0.1, 0.15) is 5.82 Å². The van der Waals surface area contributed by atoms with Gasteiger partial charge in [-0.25, -0.2) is 4.39 Å². The van der Waals surface area contributed by atoms with Gasteiger partial charge in [-0.3, -0.25) is 4.79 Å². The largest absolute Gasteiger partial charge is 0.370 e. The second-order valence-corrected chi connectivity index (χ2v) is 4.14. The van der Waals surface area contributed by atoms with Gasteiger partial charge in [0.05, 0.1) is 0 Å². The second kappa shape index (κ2) is 5.93. The Morgan fingerprint density at radius 1 is 1.33 bits per heavy atom. The van der Waals surface area contributed by atoms with Crippen LogP contribution < -0.4 is 5.73 Å². The number of hydrogen-bond acceptors (Lipinski definition) is 3. The first kappa shape index (κ1) is 14.6. The monoisotopic (exact) mass is 255 g/mol. The molecule has 100 valence electrons. The minimum absolute atomic E-state index is 0.0945. The molecule has 0 atom stereocenters. The van der Waals surface area contributed by atoms with Crippen LogP contribution in [0.3, 0.4) is 0 Å². The van der Waals surface area contributed by atoms with Crippen molar-refractivity contribution >= 4 is 5.91 Å². The first-order valence-electron chi connectivity index (χ1n) is 5.60. The highest BCUT2D eigenvalue weighted by atomic mass is 19.1. The maximum atomic E-state index is 13.4. The number of methoxy groups -OCH3 is 2. The predicted molar refractivity (Wildman–Crippen MR) is 65.3 cm³/mol. The molecule has 0 bridgehead atoms. The molecule has 4 nitrogen and oxygen atoms in total. The quantitative estimate of drug-likeness (QED) is 0.789. The summed E-state index contributed by atoms with van der Waals surface area (Å²) in [7, 11) is 2.90. The highest BCUT2D eigenvalue weighted by Crippen LogP contribution is 2.32. The van der Waals surface area contributed by atoms with Crippen LogP contribution in [0.1, 0.15) is 24.0 Å². The van der Waals surface area contributed by atoms with Crippen LogP contribution in [0.4, 0.5) is 4.39 Å². The smallest absolute Gasteiger partial charge is 0.217 e. The third kappa shape index (κ3) is 3.27. The summed E-state index contributed by atoms with van der Waals surface area (Å²) in [5.41, 5.74) is 6.41. The fourth-order valence-corrected chi connectivity index (χ4v) is 1.91. The summed E-state index contributed by atoms with van der Waals surface area (Å²) in [6.07, 6.45) is 0.329. The Morgan fingerprint density at radius 3 is 2.39 bits per heavy atom. The van der Waals surface area contributed by atoms with Crippen molar-refractivity contribution in [3.05, 3.63) is 35.1 Å². The molecule has 0 aromatic heterocycles. The molecule has 0 aliphatic heterocycles. The first-order valence-corrected chi connectivity index (χ1v) is 5.60. The normalized spacial score (nSPS) is 11.6. The molecule has 0 spiro atoms. The zero-order valence-corrected chi connectivity index (χ0v) is 10.8. The number of halogens is 1. The summed E-state index contributed by atoms with van der Waals surface area (Å²) in [5, 5.41) is 0. The Bertz CT molecular complexity index is 410. The zero-order chi connectivity index (χ0) is 13.8. The molecule has 0 aliphatic carbocycles. The van der Waals surface area contributed by atoms with Crippen LogP contribution in [-0.4, -0.2) is 20.1 Å². The van der Waals surface area contributed by atoms with Gasteiger partial charge in [0, 0.05) is 32.6 Å². The van der Waals surface area contributed by atoms with E-state index in [0.717, 1.165) is 5.56 Å². The number of rotatable bonds is 6. The molecule has 0 radical (unpaired) electrons. The van der Waals surface area contributed by atoms with Gasteiger partial charge >= 0.3 is 0 Å². The molecule has 0 fully saturated rings. The van der Waals surface area contributed by atoms with Crippen molar-refractivity contribution in [2.24, 2.45) is 5.73 Å². The molecule has 0 saturated carbocycles. The number of aryl methyl sites for hydroxylation is 1. The number of carbonyl (C=O) groups is 1. The van der Waals surface area contributed by atoms with Crippen molar-refractivity contribution in [3.8, 4) is 0 Å². The molecule has 0 saturated heterocycles. The summed E-state index contributed by atoms with van der Waals surface area (Å²) in [6.45, 7) is 1.77. The molecule has 5 heteroatoms. The minimum Gasteiger partial charge on any atom is -0.370 e. The Balaban J connectivity index is 3.12. The molecule has 18 heavy (non-hydrogen) atoms. The van der Waals surface area contributed by atoms with Crippen molar-refractivity contribution in [1.29, 1.82) is 0 Å². The van der Waals surface area contributed by atoms with E-state index < -0.39 is 11.7 Å². The summed E-state index contributed by atoms with van der Waals surface area (Å²) >= 11 is 0. The van der Waals surface area contributed by atoms with Crippen molar-refractivity contribution in [2.45, 2.75) is 25.6 Å². The molecular weight excluding hydrogens is 237 g/mol. The third-order valence-corrected chi connectivity index (χ3v) is 2.84. The molecule has 1 amide bonds. The lowest BCUT2D eigenvalue weighted by molar-refractivity contribution is -0.220. The number of nitrogens with two attached hydrogens (primary N) is 1. The Kier molecular flexibility index (Phi) is 4.81. The molecule has 0 unspecified atom stereocenters. The van der Waals surface area contributed by atoms with Crippen molar-refractivity contribution in [2.75, 3.05) is 14.2 Å². The van der Waals surface area contributed by atoms with Crippen LogP contribution in [0, 0.1) is 12.7 Å². The fourth-order valence-electron chi connectivity index (χ4n) is 1.91. The lowest BCUT2D eigenvalue weighted by Gasteiger charge is -2.31. The van der Waals surface area contributed by atoms with Gasteiger partial charge in [0.25, 0.3) is 0 Å². The Hall–Kier alpha value is -1.46. The van der Waals surface area contributed by atoms with E-state index in [4.69, 9.17) is 15.2 Å². The molecule has 1 aromatic carbocycles. The predicted octanol–water partition coefficient (Wildman–Crippen LogP) is 1.85. The Labute approximate surface area is 106 Å². The number of primary amides is 1. The lowest BCUT2D eigenvalue weighted by atomic mass is 9.98. The molecule has 0 heterocycles. The number of hydrogen-bond donors (Lipinski definition) is 1. The van der Waals surface area contributed by atoms with Gasteiger partial charge in [-0.05, 0) is 24.6 Å². The van der Waals surface area contributed by atoms with E-state index in [0.29, 0.717) is 5.56 Å². The van der Waals surface area contributed by atoms with E-state index in [9.17, 15) is 9.18 Å². The van der Waals surface area contributed by atoms with Crippen LogP contribution in [-0.2, 0) is 20.1 Å². The highest BCUT2D eigenvalue weighted by molar-refractivity contribution is 5.73. The Morgan fingerprint density at radius 2 is 1.94 bits per heavy atom. The van der Waals surface area contributed by atoms with Gasteiger partial charge in [0.2, 0.25) is 5.91 Å². The minimum atomic E-state index is -1.15. The number of amides is 1. The summed E-state index contributed by atoms with van der Waals surface area (Å²) in [5.74, 6) is -1.98. The lowest BCUT2D eigenvalue weighted by Crippen LogP contribution is -2.32. The van der Waals surface area contributed by atoms with Crippen LogP contribution >= 0.6 is 0 Å². The van der Waals surface area contributed by atoms with Crippen LogP contribution in [0.25, 0.3) is 0 Å². The van der Waals surface area contributed by atoms with Gasteiger partial charge in [-0.1, -0.05) is 6.07 Å². The average molecular weight is 255 g/mol. The summed E-state index contributed by atoms with van der Waals surface area (Å²) in [6, 6.07) is 4.51. The van der Waals surface area contributed by atoms with E-state index >= 15 is 0 Å². The average Bonchev–Trinajstić information content (AvgIpc) is 2.29. The topological polar surface area (TPSA) is 61.5 Å². The van der Waals surface area contributed by atoms with E-state index in [1.165, 1.54) is 26.4 Å². The zero-order valence-electron chi connectivity index (χ0n) is 10.8. The van der Waals surface area contributed by atoms with Crippen LogP contribution in [0.15, 0.2) is 18.2 Å². The van der Waals surface area contributed by atoms with E-state index in [-0.39, 0.29) is 18.7 Å². The SMILES string of the molecule is COC(CCC(N)=O)(OC)c1cc(C)cc(F)c1. The number of ether oxygens (including phenoxy) is 2. The fraction of sp³-hybridized carbons (Fsp3) is 0.462.